The second kappa shape index (κ2) is 3.02. The maximum Gasteiger partial charge on any atom is 0.223 e. The minimum Gasteiger partial charge on any atom is -0.355 e. The highest BCUT2D eigenvalue weighted by atomic mass is 16.1. The molecule has 16 heavy (non-hydrogen) atoms. The van der Waals surface area contributed by atoms with Crippen LogP contribution in [0.4, 0.5) is 0 Å². The lowest BCUT2D eigenvalue weighted by molar-refractivity contribution is -0.125. The number of hydrogen-bond acceptors (Lipinski definition) is 1. The molecule has 0 aromatic heterocycles. The van der Waals surface area contributed by atoms with Crippen molar-refractivity contribution >= 4 is 5.91 Å². The molecule has 88 valence electrons. The molecule has 0 saturated heterocycles. The van der Waals surface area contributed by atoms with Gasteiger partial charge in [0.1, 0.15) is 0 Å². The van der Waals surface area contributed by atoms with Crippen LogP contribution in [0.15, 0.2) is 0 Å². The van der Waals surface area contributed by atoms with Crippen LogP contribution in [0.5, 0.6) is 0 Å². The first-order valence-corrected chi connectivity index (χ1v) is 7.05. The SMILES string of the molecule is O=C(NCC1(C2CC2)CC1)C1CC2CC2C1. The third kappa shape index (κ3) is 1.49. The largest absolute Gasteiger partial charge is 0.355 e. The Morgan fingerprint density at radius 1 is 1.12 bits per heavy atom. The summed E-state index contributed by atoms with van der Waals surface area (Å²) in [5.41, 5.74) is 0.567. The quantitative estimate of drug-likeness (QED) is 0.772. The molecule has 0 aromatic rings. The number of fused-ring (bicyclic) bond motifs is 1. The van der Waals surface area contributed by atoms with E-state index in [0.717, 1.165) is 24.3 Å². The molecule has 0 heterocycles. The summed E-state index contributed by atoms with van der Waals surface area (Å²) < 4.78 is 0. The number of nitrogens with one attached hydrogen (secondary N) is 1. The van der Waals surface area contributed by atoms with Gasteiger partial charge < -0.3 is 5.32 Å². The Hall–Kier alpha value is -0.530. The summed E-state index contributed by atoms with van der Waals surface area (Å²) in [6, 6.07) is 0. The summed E-state index contributed by atoms with van der Waals surface area (Å²) in [6.07, 6.45) is 9.37. The molecule has 2 nitrogen and oxygen atoms in total. The van der Waals surface area contributed by atoms with Crippen molar-refractivity contribution in [1.29, 1.82) is 0 Å². The van der Waals surface area contributed by atoms with Gasteiger partial charge in [-0.25, -0.2) is 0 Å². The first-order valence-electron chi connectivity index (χ1n) is 7.05. The molecule has 4 saturated carbocycles. The van der Waals surface area contributed by atoms with Gasteiger partial charge in [0.25, 0.3) is 0 Å². The van der Waals surface area contributed by atoms with Crippen LogP contribution < -0.4 is 5.32 Å². The second-order valence-electron chi connectivity index (χ2n) is 6.78. The average molecular weight is 219 g/mol. The molecule has 0 radical (unpaired) electrons. The Morgan fingerprint density at radius 3 is 2.38 bits per heavy atom. The lowest BCUT2D eigenvalue weighted by Crippen LogP contribution is -2.35. The number of carbonyl (C=O) groups is 1. The monoisotopic (exact) mass is 219 g/mol. The van der Waals surface area contributed by atoms with E-state index in [2.05, 4.69) is 5.32 Å². The van der Waals surface area contributed by atoms with Crippen LogP contribution in [0, 0.1) is 29.1 Å². The summed E-state index contributed by atoms with van der Waals surface area (Å²) in [4.78, 5) is 12.0. The van der Waals surface area contributed by atoms with Crippen LogP contribution >= 0.6 is 0 Å². The van der Waals surface area contributed by atoms with Crippen molar-refractivity contribution in [2.75, 3.05) is 6.54 Å². The molecule has 4 rings (SSSR count). The van der Waals surface area contributed by atoms with Crippen LogP contribution in [0.1, 0.15) is 44.9 Å². The highest BCUT2D eigenvalue weighted by molar-refractivity contribution is 5.79. The van der Waals surface area contributed by atoms with Gasteiger partial charge in [0, 0.05) is 12.5 Å². The van der Waals surface area contributed by atoms with Gasteiger partial charge in [0.15, 0.2) is 0 Å². The van der Waals surface area contributed by atoms with Crippen LogP contribution in [0.25, 0.3) is 0 Å². The lowest BCUT2D eigenvalue weighted by atomic mass is 9.99. The van der Waals surface area contributed by atoms with E-state index >= 15 is 0 Å². The van der Waals surface area contributed by atoms with E-state index in [-0.39, 0.29) is 0 Å². The summed E-state index contributed by atoms with van der Waals surface area (Å²) in [6.45, 7) is 0.988. The van der Waals surface area contributed by atoms with E-state index in [1.165, 1.54) is 44.9 Å². The van der Waals surface area contributed by atoms with Crippen molar-refractivity contribution in [2.45, 2.75) is 44.9 Å². The summed E-state index contributed by atoms with van der Waals surface area (Å²) in [7, 11) is 0. The highest BCUT2D eigenvalue weighted by Gasteiger charge is 2.54. The predicted molar refractivity (Wildman–Crippen MR) is 61.7 cm³/mol. The van der Waals surface area contributed by atoms with Gasteiger partial charge >= 0.3 is 0 Å². The summed E-state index contributed by atoms with van der Waals surface area (Å²) in [5, 5.41) is 3.25. The smallest absolute Gasteiger partial charge is 0.223 e. The topological polar surface area (TPSA) is 29.1 Å². The van der Waals surface area contributed by atoms with Crippen molar-refractivity contribution in [1.82, 2.24) is 5.32 Å². The predicted octanol–water partition coefficient (Wildman–Crippen LogP) is 2.34. The Labute approximate surface area is 97.2 Å². The van der Waals surface area contributed by atoms with Gasteiger partial charge in [-0.1, -0.05) is 0 Å². The van der Waals surface area contributed by atoms with Crippen molar-refractivity contribution in [3.63, 3.8) is 0 Å². The molecule has 0 bridgehead atoms. The molecule has 0 spiro atoms. The Morgan fingerprint density at radius 2 is 1.81 bits per heavy atom. The molecular weight excluding hydrogens is 198 g/mol. The van der Waals surface area contributed by atoms with E-state index in [4.69, 9.17) is 0 Å². The number of carbonyl (C=O) groups excluding carboxylic acids is 1. The fraction of sp³-hybridized carbons (Fsp3) is 0.929. The van der Waals surface area contributed by atoms with Crippen LogP contribution in [-0.4, -0.2) is 12.5 Å². The lowest BCUT2D eigenvalue weighted by Gasteiger charge is -2.18. The van der Waals surface area contributed by atoms with Crippen molar-refractivity contribution in [3.8, 4) is 0 Å². The maximum atomic E-state index is 12.0. The maximum absolute atomic E-state index is 12.0. The molecule has 2 atom stereocenters. The van der Waals surface area contributed by atoms with Gasteiger partial charge in [-0.3, -0.25) is 4.79 Å². The molecule has 2 unspecified atom stereocenters. The van der Waals surface area contributed by atoms with E-state index in [1.807, 2.05) is 0 Å². The molecule has 0 aliphatic heterocycles. The first-order chi connectivity index (χ1) is 7.77. The normalized spacial score (nSPS) is 42.6. The van der Waals surface area contributed by atoms with E-state index in [9.17, 15) is 4.79 Å². The minimum atomic E-state index is 0.374. The van der Waals surface area contributed by atoms with Gasteiger partial charge in [-0.05, 0) is 68.1 Å². The summed E-state index contributed by atoms with van der Waals surface area (Å²) >= 11 is 0. The number of rotatable bonds is 4. The molecule has 4 aliphatic carbocycles. The minimum absolute atomic E-state index is 0.374. The Kier molecular flexibility index (Phi) is 1.79. The van der Waals surface area contributed by atoms with Crippen LogP contribution in [0.2, 0.25) is 0 Å². The molecular formula is C14H21NO. The van der Waals surface area contributed by atoms with Gasteiger partial charge in [0.2, 0.25) is 5.91 Å². The molecule has 2 heteroatoms. The third-order valence-electron chi connectivity index (χ3n) is 5.56. The van der Waals surface area contributed by atoms with Crippen LogP contribution in [0.3, 0.4) is 0 Å². The molecule has 1 N–H and O–H groups in total. The molecule has 4 fully saturated rings. The van der Waals surface area contributed by atoms with E-state index in [0.29, 0.717) is 17.2 Å². The van der Waals surface area contributed by atoms with Crippen LogP contribution in [-0.2, 0) is 4.79 Å². The van der Waals surface area contributed by atoms with Crippen molar-refractivity contribution < 1.29 is 4.79 Å². The van der Waals surface area contributed by atoms with Gasteiger partial charge in [-0.2, -0.15) is 0 Å². The van der Waals surface area contributed by atoms with E-state index in [1.54, 1.807) is 0 Å². The third-order valence-corrected chi connectivity index (χ3v) is 5.56. The van der Waals surface area contributed by atoms with E-state index < -0.39 is 0 Å². The standard InChI is InChI=1S/C14H21NO/c16-13(11-6-9-5-10(9)7-11)15-8-14(3-4-14)12-1-2-12/h9-12H,1-8H2,(H,15,16). The van der Waals surface area contributed by atoms with Gasteiger partial charge in [0.05, 0.1) is 0 Å². The molecule has 4 aliphatic rings. The fourth-order valence-electron chi connectivity index (χ4n) is 3.92. The second-order valence-corrected chi connectivity index (χ2v) is 6.78. The average Bonchev–Trinajstić information content (AvgIpc) is 3.15. The highest BCUT2D eigenvalue weighted by Crippen LogP contribution is 2.61. The number of amides is 1. The number of hydrogen-bond donors (Lipinski definition) is 1. The summed E-state index contributed by atoms with van der Waals surface area (Å²) in [5.74, 6) is 3.56. The van der Waals surface area contributed by atoms with Crippen molar-refractivity contribution in [3.05, 3.63) is 0 Å². The molecule has 1 amide bonds. The fourth-order valence-corrected chi connectivity index (χ4v) is 3.92. The zero-order valence-electron chi connectivity index (χ0n) is 9.87. The first kappa shape index (κ1) is 9.49. The Balaban J connectivity index is 1.29. The Bertz CT molecular complexity index is 320. The zero-order valence-corrected chi connectivity index (χ0v) is 9.87. The van der Waals surface area contributed by atoms with Crippen molar-refractivity contribution in [2.24, 2.45) is 29.1 Å². The van der Waals surface area contributed by atoms with Gasteiger partial charge in [-0.15, -0.1) is 0 Å². The molecule has 0 aromatic carbocycles. The zero-order chi connectivity index (χ0) is 10.8.